The van der Waals surface area contributed by atoms with Crippen molar-refractivity contribution >= 4 is 11.6 Å². The highest BCUT2D eigenvalue weighted by Gasteiger charge is 2.10. The molecule has 0 atom stereocenters. The first kappa shape index (κ1) is 15.2. The van der Waals surface area contributed by atoms with Gasteiger partial charge in [-0.15, -0.1) is 0 Å². The van der Waals surface area contributed by atoms with E-state index in [4.69, 9.17) is 0 Å². The molecule has 4 heteroatoms. The van der Waals surface area contributed by atoms with Crippen LogP contribution in [0.2, 0.25) is 0 Å². The Morgan fingerprint density at radius 3 is 2.62 bits per heavy atom. The lowest BCUT2D eigenvalue weighted by molar-refractivity contribution is 0.102. The molecule has 0 spiro atoms. The number of amides is 1. The minimum Gasteiger partial charge on any atom is -0.322 e. The fourth-order valence-corrected chi connectivity index (χ4v) is 2.14. The molecule has 2 aromatic rings. The van der Waals surface area contributed by atoms with E-state index < -0.39 is 5.82 Å². The average Bonchev–Trinajstić information content (AvgIpc) is 2.41. The lowest BCUT2D eigenvalue weighted by Crippen LogP contribution is -2.17. The van der Waals surface area contributed by atoms with E-state index in [0.29, 0.717) is 5.56 Å². The maximum absolute atomic E-state index is 13.2. The molecule has 1 amide bonds. The van der Waals surface area contributed by atoms with Crippen LogP contribution in [-0.4, -0.2) is 24.9 Å². The van der Waals surface area contributed by atoms with Crippen molar-refractivity contribution < 1.29 is 9.18 Å². The molecule has 0 aliphatic heterocycles. The normalized spacial score (nSPS) is 10.7. The molecule has 0 unspecified atom stereocenters. The second-order valence-corrected chi connectivity index (χ2v) is 5.36. The van der Waals surface area contributed by atoms with Crippen LogP contribution in [0.25, 0.3) is 0 Å². The van der Waals surface area contributed by atoms with Gasteiger partial charge in [-0.3, -0.25) is 4.79 Å². The molecule has 21 heavy (non-hydrogen) atoms. The van der Waals surface area contributed by atoms with Gasteiger partial charge < -0.3 is 10.2 Å². The van der Waals surface area contributed by atoms with E-state index in [0.717, 1.165) is 23.4 Å². The number of halogens is 1. The lowest BCUT2D eigenvalue weighted by Gasteiger charge is -2.16. The Labute approximate surface area is 124 Å². The van der Waals surface area contributed by atoms with Crippen molar-refractivity contribution in [1.82, 2.24) is 4.90 Å². The molecule has 0 saturated carbocycles. The minimum atomic E-state index is -0.417. The average molecular weight is 286 g/mol. The molecule has 0 saturated heterocycles. The maximum Gasteiger partial charge on any atom is 0.255 e. The van der Waals surface area contributed by atoms with Gasteiger partial charge in [0.2, 0.25) is 0 Å². The number of hydrogen-bond donors (Lipinski definition) is 1. The molecule has 2 rings (SSSR count). The van der Waals surface area contributed by atoms with Crippen LogP contribution < -0.4 is 5.32 Å². The van der Waals surface area contributed by atoms with E-state index in [1.54, 1.807) is 6.07 Å². The minimum absolute atomic E-state index is 0.307. The fourth-order valence-electron chi connectivity index (χ4n) is 2.14. The van der Waals surface area contributed by atoms with Gasteiger partial charge >= 0.3 is 0 Å². The van der Waals surface area contributed by atoms with E-state index in [-0.39, 0.29) is 5.91 Å². The van der Waals surface area contributed by atoms with Crippen molar-refractivity contribution in [3.63, 3.8) is 0 Å². The molecule has 0 aliphatic rings. The summed E-state index contributed by atoms with van der Waals surface area (Å²) >= 11 is 0. The molecule has 1 N–H and O–H groups in total. The van der Waals surface area contributed by atoms with Crippen molar-refractivity contribution in [2.75, 3.05) is 19.4 Å². The summed E-state index contributed by atoms with van der Waals surface area (Å²) in [5, 5.41) is 2.85. The number of anilines is 1. The van der Waals surface area contributed by atoms with Crippen LogP contribution in [0.3, 0.4) is 0 Å². The third-order valence-electron chi connectivity index (χ3n) is 3.08. The van der Waals surface area contributed by atoms with Gasteiger partial charge in [-0.05, 0) is 50.8 Å². The summed E-state index contributed by atoms with van der Waals surface area (Å²) in [4.78, 5) is 14.2. The van der Waals surface area contributed by atoms with Crippen molar-refractivity contribution in [3.05, 3.63) is 65.0 Å². The number of hydrogen-bond acceptors (Lipinski definition) is 2. The number of nitrogens with zero attached hydrogens (tertiary/aromatic N) is 1. The summed E-state index contributed by atoms with van der Waals surface area (Å²) in [6.07, 6.45) is 0. The summed E-state index contributed by atoms with van der Waals surface area (Å²) in [6, 6.07) is 11.5. The number of carbonyl (C=O) groups excluding carboxylic acids is 1. The number of nitrogens with one attached hydrogen (secondary N) is 1. The Morgan fingerprint density at radius 1 is 1.19 bits per heavy atom. The van der Waals surface area contributed by atoms with Crippen LogP contribution in [0, 0.1) is 12.7 Å². The van der Waals surface area contributed by atoms with Gasteiger partial charge in [0.25, 0.3) is 5.91 Å². The van der Waals surface area contributed by atoms with Gasteiger partial charge in [0, 0.05) is 17.8 Å². The number of aryl methyl sites for hydroxylation is 1. The molecule has 0 fully saturated rings. The molecule has 0 radical (unpaired) electrons. The van der Waals surface area contributed by atoms with Crippen molar-refractivity contribution in [2.45, 2.75) is 13.5 Å². The van der Waals surface area contributed by atoms with Gasteiger partial charge in [0.05, 0.1) is 0 Å². The Kier molecular flexibility index (Phi) is 4.70. The third-order valence-corrected chi connectivity index (χ3v) is 3.08. The smallest absolute Gasteiger partial charge is 0.255 e. The highest BCUT2D eigenvalue weighted by atomic mass is 19.1. The van der Waals surface area contributed by atoms with Crippen LogP contribution in [-0.2, 0) is 6.54 Å². The fraction of sp³-hybridized carbons (Fsp3) is 0.235. The second-order valence-electron chi connectivity index (χ2n) is 5.36. The zero-order valence-electron chi connectivity index (χ0n) is 12.5. The van der Waals surface area contributed by atoms with Gasteiger partial charge in [0.15, 0.2) is 0 Å². The second kappa shape index (κ2) is 6.50. The largest absolute Gasteiger partial charge is 0.322 e. The zero-order chi connectivity index (χ0) is 15.4. The van der Waals surface area contributed by atoms with Gasteiger partial charge in [-0.1, -0.05) is 23.8 Å². The van der Waals surface area contributed by atoms with Crippen LogP contribution in [0.1, 0.15) is 21.5 Å². The lowest BCUT2D eigenvalue weighted by atomic mass is 10.1. The first-order valence-corrected chi connectivity index (χ1v) is 6.77. The SMILES string of the molecule is Cc1ccc(NC(=O)c2cccc(F)c2)c(CN(C)C)c1. The maximum atomic E-state index is 13.2. The first-order valence-electron chi connectivity index (χ1n) is 6.77. The Hall–Kier alpha value is -2.20. The quantitative estimate of drug-likeness (QED) is 0.933. The molecule has 110 valence electrons. The molecule has 2 aromatic carbocycles. The van der Waals surface area contributed by atoms with Crippen molar-refractivity contribution in [2.24, 2.45) is 0 Å². The van der Waals surface area contributed by atoms with E-state index in [1.165, 1.54) is 18.2 Å². The van der Waals surface area contributed by atoms with Crippen LogP contribution in [0.5, 0.6) is 0 Å². The van der Waals surface area contributed by atoms with E-state index in [2.05, 4.69) is 5.32 Å². The third kappa shape index (κ3) is 4.13. The topological polar surface area (TPSA) is 32.3 Å². The van der Waals surface area contributed by atoms with Crippen molar-refractivity contribution in [3.8, 4) is 0 Å². The molecule has 0 bridgehead atoms. The predicted molar refractivity (Wildman–Crippen MR) is 82.9 cm³/mol. The zero-order valence-corrected chi connectivity index (χ0v) is 12.5. The highest BCUT2D eigenvalue weighted by molar-refractivity contribution is 6.04. The summed E-state index contributed by atoms with van der Waals surface area (Å²) in [5.41, 5.74) is 3.23. The Morgan fingerprint density at radius 2 is 1.95 bits per heavy atom. The monoisotopic (exact) mass is 286 g/mol. The van der Waals surface area contributed by atoms with Crippen molar-refractivity contribution in [1.29, 1.82) is 0 Å². The van der Waals surface area contributed by atoms with Gasteiger partial charge in [-0.25, -0.2) is 4.39 Å². The van der Waals surface area contributed by atoms with Crippen LogP contribution in [0.15, 0.2) is 42.5 Å². The standard InChI is InChI=1S/C17H19FN2O/c1-12-7-8-16(14(9-12)11-20(2)3)19-17(21)13-5-4-6-15(18)10-13/h4-10H,11H2,1-3H3,(H,19,21). The molecular formula is C17H19FN2O. The molecule has 0 aromatic heterocycles. The Balaban J connectivity index is 2.24. The number of benzene rings is 2. The van der Waals surface area contributed by atoms with E-state index in [9.17, 15) is 9.18 Å². The molecule has 3 nitrogen and oxygen atoms in total. The molecule has 0 aliphatic carbocycles. The molecule has 0 heterocycles. The van der Waals surface area contributed by atoms with Gasteiger partial charge in [0.1, 0.15) is 5.82 Å². The van der Waals surface area contributed by atoms with E-state index in [1.807, 2.05) is 44.1 Å². The summed E-state index contributed by atoms with van der Waals surface area (Å²) in [5.74, 6) is -0.724. The highest BCUT2D eigenvalue weighted by Crippen LogP contribution is 2.20. The van der Waals surface area contributed by atoms with Crippen LogP contribution >= 0.6 is 0 Å². The summed E-state index contributed by atoms with van der Waals surface area (Å²) in [7, 11) is 3.95. The van der Waals surface area contributed by atoms with Crippen LogP contribution in [0.4, 0.5) is 10.1 Å². The summed E-state index contributed by atoms with van der Waals surface area (Å²) in [6.45, 7) is 2.73. The first-order chi connectivity index (χ1) is 9.95. The Bertz CT molecular complexity index is 653. The number of carbonyl (C=O) groups is 1. The summed E-state index contributed by atoms with van der Waals surface area (Å²) < 4.78 is 13.2. The van der Waals surface area contributed by atoms with Gasteiger partial charge in [-0.2, -0.15) is 0 Å². The van der Waals surface area contributed by atoms with E-state index >= 15 is 0 Å². The number of rotatable bonds is 4. The molecular weight excluding hydrogens is 267 g/mol. The predicted octanol–water partition coefficient (Wildman–Crippen LogP) is 3.45.